The highest BCUT2D eigenvalue weighted by Gasteiger charge is 2.46. The van der Waals surface area contributed by atoms with Crippen LogP contribution in [-0.4, -0.2) is 10.9 Å². The maximum Gasteiger partial charge on any atom is 0.245 e. The van der Waals surface area contributed by atoms with Crippen molar-refractivity contribution in [2.24, 2.45) is 0 Å². The van der Waals surface area contributed by atoms with Crippen molar-refractivity contribution in [3.63, 3.8) is 0 Å². The van der Waals surface area contributed by atoms with E-state index in [4.69, 9.17) is 0 Å². The van der Waals surface area contributed by atoms with Crippen LogP contribution in [0.4, 0.5) is 11.4 Å². The first-order valence-electron chi connectivity index (χ1n) is 12.9. The lowest BCUT2D eigenvalue weighted by Gasteiger charge is -2.25. The van der Waals surface area contributed by atoms with Crippen LogP contribution in [0.1, 0.15) is 23.2 Å². The minimum atomic E-state index is 0.0911. The molecule has 2 nitrogen and oxygen atoms in total. The van der Waals surface area contributed by atoms with Gasteiger partial charge in [-0.15, -0.1) is 0 Å². The second-order valence-corrected chi connectivity index (χ2v) is 9.64. The van der Waals surface area contributed by atoms with Gasteiger partial charge in [0.05, 0.1) is 0 Å². The smallest absolute Gasteiger partial charge is 0.221 e. The average molecular weight is 476 g/mol. The molecule has 2 atom stereocenters. The van der Waals surface area contributed by atoms with Gasteiger partial charge in [0, 0.05) is 21.9 Å². The number of benzene rings is 6. The van der Waals surface area contributed by atoms with Crippen LogP contribution in [0.15, 0.2) is 146 Å². The number of anilines is 1. The van der Waals surface area contributed by atoms with E-state index in [9.17, 15) is 0 Å². The van der Waals surface area contributed by atoms with Gasteiger partial charge in [-0.25, -0.2) is 9.48 Å². The lowest BCUT2D eigenvalue weighted by atomic mass is 9.91. The number of rotatable bonds is 4. The molecule has 1 aliphatic rings. The summed E-state index contributed by atoms with van der Waals surface area (Å²) in [6.07, 6.45) is 2.33. The zero-order valence-corrected chi connectivity index (χ0v) is 20.5. The highest BCUT2D eigenvalue weighted by molar-refractivity contribution is 6.00. The van der Waals surface area contributed by atoms with Crippen LogP contribution in [0.2, 0.25) is 0 Å². The topological polar surface area (TPSA) is 6.25 Å². The van der Waals surface area contributed by atoms with Gasteiger partial charge in [0.25, 0.3) is 0 Å². The van der Waals surface area contributed by atoms with Crippen molar-refractivity contribution in [3.8, 4) is 0 Å². The zero-order valence-electron chi connectivity index (χ0n) is 20.5. The normalized spacial score (nSPS) is 17.3. The quantitative estimate of drug-likeness (QED) is 0.231. The number of hydrogen-bond acceptors (Lipinski definition) is 1. The second-order valence-electron chi connectivity index (χ2n) is 9.64. The monoisotopic (exact) mass is 475 g/mol. The molecule has 0 N–H and O–H groups in total. The summed E-state index contributed by atoms with van der Waals surface area (Å²) in [7, 11) is 0. The summed E-state index contributed by atoms with van der Waals surface area (Å²) in [5.41, 5.74) is 5.03. The molecule has 1 aliphatic heterocycles. The fraction of sp³-hybridized carbons (Fsp3) is 0.0571. The van der Waals surface area contributed by atoms with E-state index in [1.165, 1.54) is 44.0 Å². The molecule has 0 amide bonds. The van der Waals surface area contributed by atoms with Gasteiger partial charge in [-0.1, -0.05) is 133 Å². The molecule has 0 aromatic heterocycles. The summed E-state index contributed by atoms with van der Waals surface area (Å²) in [6.45, 7) is 0. The van der Waals surface area contributed by atoms with E-state index in [2.05, 4.69) is 161 Å². The van der Waals surface area contributed by atoms with Crippen molar-refractivity contribution in [1.82, 2.24) is 0 Å². The third-order valence-corrected chi connectivity index (χ3v) is 7.52. The summed E-state index contributed by atoms with van der Waals surface area (Å²) >= 11 is 0. The number of nitrogens with zero attached hydrogens (tertiary/aromatic N) is 2. The van der Waals surface area contributed by atoms with Gasteiger partial charge < -0.3 is 0 Å². The van der Waals surface area contributed by atoms with Gasteiger partial charge in [0.2, 0.25) is 6.34 Å². The molecule has 6 aromatic carbocycles. The van der Waals surface area contributed by atoms with Crippen LogP contribution >= 0.6 is 0 Å². The van der Waals surface area contributed by atoms with Crippen LogP contribution < -0.4 is 4.90 Å². The van der Waals surface area contributed by atoms with Crippen molar-refractivity contribution in [1.29, 1.82) is 0 Å². The average Bonchev–Trinajstić information content (AvgIpc) is 3.38. The molecule has 0 unspecified atom stereocenters. The van der Waals surface area contributed by atoms with Gasteiger partial charge in [0.15, 0.2) is 12.1 Å². The van der Waals surface area contributed by atoms with Crippen molar-refractivity contribution >= 4 is 39.3 Å². The minimum Gasteiger partial charge on any atom is -0.221 e. The molecule has 176 valence electrons. The Labute approximate surface area is 217 Å². The summed E-state index contributed by atoms with van der Waals surface area (Å²) in [4.78, 5) is 2.48. The SMILES string of the molecule is C1=[N+](c2cccc3ccccc23)[C@H](c2ccccc2)[C@@H](c2ccccc2)N1c1cccc2ccccc12. The Morgan fingerprint density at radius 3 is 1.73 bits per heavy atom. The second kappa shape index (κ2) is 9.07. The Kier molecular flexibility index (Phi) is 5.29. The number of hydrogen-bond donors (Lipinski definition) is 0. The van der Waals surface area contributed by atoms with Crippen LogP contribution in [-0.2, 0) is 0 Å². The molecular formula is C35H27N2+. The zero-order chi connectivity index (χ0) is 24.6. The van der Waals surface area contributed by atoms with Crippen molar-refractivity contribution in [2.75, 3.05) is 4.90 Å². The molecule has 7 rings (SSSR count). The first-order chi connectivity index (χ1) is 18.4. The summed E-state index contributed by atoms with van der Waals surface area (Å²) in [5, 5.41) is 5.02. The van der Waals surface area contributed by atoms with Crippen molar-refractivity contribution in [3.05, 3.63) is 157 Å². The third-order valence-electron chi connectivity index (χ3n) is 7.52. The van der Waals surface area contributed by atoms with E-state index in [-0.39, 0.29) is 12.1 Å². The maximum atomic E-state index is 2.48. The molecule has 0 bridgehead atoms. The molecule has 2 heteroatoms. The maximum absolute atomic E-state index is 2.48. The lowest BCUT2D eigenvalue weighted by molar-refractivity contribution is -0.479. The first kappa shape index (κ1) is 21.6. The van der Waals surface area contributed by atoms with Crippen LogP contribution in [0.5, 0.6) is 0 Å². The molecule has 0 radical (unpaired) electrons. The molecule has 0 fully saturated rings. The molecule has 37 heavy (non-hydrogen) atoms. The van der Waals surface area contributed by atoms with E-state index >= 15 is 0 Å². The fourth-order valence-electron chi connectivity index (χ4n) is 5.86. The summed E-state index contributed by atoms with van der Waals surface area (Å²) in [6, 6.07) is 52.7. The van der Waals surface area contributed by atoms with Crippen LogP contribution in [0.3, 0.4) is 0 Å². The van der Waals surface area contributed by atoms with E-state index in [1.807, 2.05) is 0 Å². The summed E-state index contributed by atoms with van der Waals surface area (Å²) in [5.74, 6) is 0. The number of fused-ring (bicyclic) bond motifs is 2. The predicted octanol–water partition coefficient (Wildman–Crippen LogP) is 8.67. The van der Waals surface area contributed by atoms with E-state index in [1.54, 1.807) is 0 Å². The largest absolute Gasteiger partial charge is 0.245 e. The van der Waals surface area contributed by atoms with Gasteiger partial charge in [-0.2, -0.15) is 0 Å². The van der Waals surface area contributed by atoms with Crippen LogP contribution in [0.25, 0.3) is 21.5 Å². The molecular weight excluding hydrogens is 448 g/mol. The van der Waals surface area contributed by atoms with Gasteiger partial charge in [-0.05, 0) is 22.9 Å². The van der Waals surface area contributed by atoms with E-state index in [0.717, 1.165) is 0 Å². The first-order valence-corrected chi connectivity index (χ1v) is 12.9. The molecule has 0 spiro atoms. The fourth-order valence-corrected chi connectivity index (χ4v) is 5.86. The Morgan fingerprint density at radius 2 is 1.00 bits per heavy atom. The van der Waals surface area contributed by atoms with Crippen LogP contribution in [0, 0.1) is 0 Å². The molecule has 0 aliphatic carbocycles. The van der Waals surface area contributed by atoms with Gasteiger partial charge in [-0.3, -0.25) is 0 Å². The Morgan fingerprint density at radius 1 is 0.459 bits per heavy atom. The third kappa shape index (κ3) is 3.70. The predicted molar refractivity (Wildman–Crippen MR) is 155 cm³/mol. The lowest BCUT2D eigenvalue weighted by Crippen LogP contribution is -2.26. The molecule has 6 aromatic rings. The summed E-state index contributed by atoms with van der Waals surface area (Å²) < 4.78 is 2.48. The molecule has 0 saturated carbocycles. The van der Waals surface area contributed by atoms with Gasteiger partial charge >= 0.3 is 0 Å². The molecule has 1 heterocycles. The Balaban J connectivity index is 1.53. The van der Waals surface area contributed by atoms with Crippen molar-refractivity contribution in [2.45, 2.75) is 12.1 Å². The standard InChI is InChI=1S/C35H27N2/c1-3-15-28(16-4-1)34-35(29-17-5-2-6-18-29)37(33-24-12-20-27-14-8-10-22-31(27)33)25-36(34)32-23-11-19-26-13-7-9-21-30(26)32/h1-25,34-35H/q+1/t34-,35-/m1/s1. The highest BCUT2D eigenvalue weighted by atomic mass is 15.3. The van der Waals surface area contributed by atoms with Gasteiger partial charge in [0.1, 0.15) is 11.4 Å². The molecule has 0 saturated heterocycles. The minimum absolute atomic E-state index is 0.0911. The van der Waals surface area contributed by atoms with E-state index < -0.39 is 0 Å². The Hall–Kier alpha value is -4.69. The van der Waals surface area contributed by atoms with E-state index in [0.29, 0.717) is 0 Å². The Bertz CT molecular complexity index is 1730. The van der Waals surface area contributed by atoms with Crippen molar-refractivity contribution < 1.29 is 4.58 Å². The highest BCUT2D eigenvalue weighted by Crippen LogP contribution is 2.47.